The molecule has 0 aromatic heterocycles. The van der Waals surface area contributed by atoms with Crippen LogP contribution in [-0.2, 0) is 9.59 Å². The van der Waals surface area contributed by atoms with Crippen molar-refractivity contribution >= 4 is 11.8 Å². The maximum absolute atomic E-state index is 11.0. The van der Waals surface area contributed by atoms with E-state index in [1.54, 1.807) is 0 Å². The molecular weight excluding hydrogens is 158 g/mol. The number of ketones is 1. The van der Waals surface area contributed by atoms with E-state index < -0.39 is 5.97 Å². The number of carbonyl (C=O) groups excluding carboxylic acids is 1. The van der Waals surface area contributed by atoms with Crippen LogP contribution in [0.3, 0.4) is 0 Å². The molecule has 0 aromatic carbocycles. The molecule has 0 amide bonds. The van der Waals surface area contributed by atoms with Gasteiger partial charge in [-0.1, -0.05) is 0 Å². The zero-order chi connectivity index (χ0) is 9.14. The smallest absolute Gasteiger partial charge is 0.303 e. The van der Waals surface area contributed by atoms with Crippen LogP contribution >= 0.6 is 0 Å². The first kappa shape index (κ1) is 9.19. The van der Waals surface area contributed by atoms with Gasteiger partial charge in [-0.05, 0) is 19.4 Å². The first-order chi connectivity index (χ1) is 5.61. The second-order valence-corrected chi connectivity index (χ2v) is 3.23. The molecule has 1 aliphatic rings. The molecule has 0 spiro atoms. The van der Waals surface area contributed by atoms with Gasteiger partial charge < -0.3 is 10.4 Å². The number of carbonyl (C=O) groups is 2. The van der Waals surface area contributed by atoms with Gasteiger partial charge in [0.2, 0.25) is 0 Å². The Hall–Kier alpha value is -0.900. The summed E-state index contributed by atoms with van der Waals surface area (Å²) in [6, 6.07) is 0. The van der Waals surface area contributed by atoms with E-state index in [2.05, 4.69) is 5.32 Å². The monoisotopic (exact) mass is 171 g/mol. The number of rotatable bonds is 3. The van der Waals surface area contributed by atoms with Gasteiger partial charge in [-0.2, -0.15) is 0 Å². The summed E-state index contributed by atoms with van der Waals surface area (Å²) in [7, 11) is 0. The molecule has 4 heteroatoms. The summed E-state index contributed by atoms with van der Waals surface area (Å²) >= 11 is 0. The molecule has 1 rings (SSSR count). The topological polar surface area (TPSA) is 66.4 Å². The highest BCUT2D eigenvalue weighted by atomic mass is 16.4. The third kappa shape index (κ3) is 2.04. The Morgan fingerprint density at radius 1 is 1.50 bits per heavy atom. The average Bonchev–Trinajstić information content (AvgIpc) is 2.33. The molecule has 1 heterocycles. The second kappa shape index (κ2) is 3.67. The number of hydrogen-bond acceptors (Lipinski definition) is 3. The molecule has 0 saturated carbocycles. The van der Waals surface area contributed by atoms with Crippen molar-refractivity contribution in [2.24, 2.45) is 11.8 Å². The lowest BCUT2D eigenvalue weighted by Crippen LogP contribution is -2.22. The molecule has 0 aliphatic carbocycles. The van der Waals surface area contributed by atoms with Gasteiger partial charge in [0.25, 0.3) is 0 Å². The van der Waals surface area contributed by atoms with Crippen LogP contribution in [0.2, 0.25) is 0 Å². The highest BCUT2D eigenvalue weighted by Gasteiger charge is 2.31. The van der Waals surface area contributed by atoms with Gasteiger partial charge in [0.1, 0.15) is 5.78 Å². The van der Waals surface area contributed by atoms with Gasteiger partial charge in [0.15, 0.2) is 0 Å². The van der Waals surface area contributed by atoms with E-state index in [4.69, 9.17) is 5.11 Å². The zero-order valence-corrected chi connectivity index (χ0v) is 7.04. The molecule has 4 nitrogen and oxygen atoms in total. The lowest BCUT2D eigenvalue weighted by molar-refractivity contribution is -0.138. The summed E-state index contributed by atoms with van der Waals surface area (Å²) in [4.78, 5) is 21.4. The van der Waals surface area contributed by atoms with Crippen LogP contribution in [0.25, 0.3) is 0 Å². The van der Waals surface area contributed by atoms with Crippen molar-refractivity contribution in [2.45, 2.75) is 13.3 Å². The third-order valence-electron chi connectivity index (χ3n) is 2.30. The van der Waals surface area contributed by atoms with Crippen LogP contribution in [0.15, 0.2) is 0 Å². The van der Waals surface area contributed by atoms with E-state index in [1.807, 2.05) is 0 Å². The minimum absolute atomic E-state index is 0.0139. The van der Waals surface area contributed by atoms with Gasteiger partial charge in [0.05, 0.1) is 6.42 Å². The van der Waals surface area contributed by atoms with Crippen molar-refractivity contribution in [2.75, 3.05) is 13.1 Å². The quantitative estimate of drug-likeness (QED) is 0.621. The molecule has 0 bridgehead atoms. The second-order valence-electron chi connectivity index (χ2n) is 3.23. The average molecular weight is 171 g/mol. The number of hydrogen-bond donors (Lipinski definition) is 2. The summed E-state index contributed by atoms with van der Waals surface area (Å²) in [5.74, 6) is -0.845. The molecule has 2 unspecified atom stereocenters. The lowest BCUT2D eigenvalue weighted by atomic mass is 9.90. The van der Waals surface area contributed by atoms with E-state index in [0.29, 0.717) is 13.1 Å². The van der Waals surface area contributed by atoms with Crippen molar-refractivity contribution in [3.8, 4) is 0 Å². The minimum Gasteiger partial charge on any atom is -0.481 e. The predicted octanol–water partition coefficient (Wildman–Crippen LogP) is -0.114. The van der Waals surface area contributed by atoms with E-state index in [1.165, 1.54) is 6.92 Å². The van der Waals surface area contributed by atoms with E-state index >= 15 is 0 Å². The third-order valence-corrected chi connectivity index (χ3v) is 2.30. The Morgan fingerprint density at radius 3 is 2.67 bits per heavy atom. The fraction of sp³-hybridized carbons (Fsp3) is 0.750. The number of Topliss-reactive ketones (excluding diaryl/α,β-unsaturated/α-hetero) is 1. The normalized spacial score (nSPS) is 28.8. The zero-order valence-electron chi connectivity index (χ0n) is 7.04. The van der Waals surface area contributed by atoms with Crippen molar-refractivity contribution in [1.82, 2.24) is 5.32 Å². The maximum Gasteiger partial charge on any atom is 0.303 e. The molecule has 68 valence electrons. The van der Waals surface area contributed by atoms with Crippen LogP contribution in [0, 0.1) is 11.8 Å². The Kier molecular flexibility index (Phi) is 2.81. The van der Waals surface area contributed by atoms with Crippen LogP contribution in [0.5, 0.6) is 0 Å². The maximum atomic E-state index is 11.0. The summed E-state index contributed by atoms with van der Waals surface area (Å²) < 4.78 is 0. The van der Waals surface area contributed by atoms with Crippen molar-refractivity contribution in [3.63, 3.8) is 0 Å². The highest BCUT2D eigenvalue weighted by molar-refractivity contribution is 5.80. The Labute approximate surface area is 71.0 Å². The molecular formula is C8H13NO3. The summed E-state index contributed by atoms with van der Waals surface area (Å²) in [6.07, 6.45) is 0.0945. The van der Waals surface area contributed by atoms with Gasteiger partial charge in [-0.25, -0.2) is 0 Å². The predicted molar refractivity (Wildman–Crippen MR) is 42.8 cm³/mol. The fourth-order valence-electron chi connectivity index (χ4n) is 1.65. The van der Waals surface area contributed by atoms with Crippen LogP contribution in [0.1, 0.15) is 13.3 Å². The first-order valence-corrected chi connectivity index (χ1v) is 4.04. The van der Waals surface area contributed by atoms with Crippen molar-refractivity contribution < 1.29 is 14.7 Å². The van der Waals surface area contributed by atoms with E-state index in [9.17, 15) is 9.59 Å². The molecule has 12 heavy (non-hydrogen) atoms. The Balaban J connectivity index is 2.52. The summed E-state index contributed by atoms with van der Waals surface area (Å²) in [5.41, 5.74) is 0. The molecule has 0 radical (unpaired) electrons. The number of carboxylic acid groups (broad SMARTS) is 1. The molecule has 1 aliphatic heterocycles. The SMILES string of the molecule is CC(=O)C1CNCC1CC(=O)O. The van der Waals surface area contributed by atoms with Gasteiger partial charge in [0, 0.05) is 12.5 Å². The number of nitrogens with one attached hydrogen (secondary N) is 1. The van der Waals surface area contributed by atoms with Gasteiger partial charge in [-0.3, -0.25) is 9.59 Å². The molecule has 2 atom stereocenters. The van der Waals surface area contributed by atoms with E-state index in [-0.39, 0.29) is 24.0 Å². The highest BCUT2D eigenvalue weighted by Crippen LogP contribution is 2.20. The Bertz CT molecular complexity index is 202. The number of carboxylic acids is 1. The molecule has 1 fully saturated rings. The number of aliphatic carboxylic acids is 1. The van der Waals surface area contributed by atoms with Crippen molar-refractivity contribution in [3.05, 3.63) is 0 Å². The first-order valence-electron chi connectivity index (χ1n) is 4.04. The molecule has 2 N–H and O–H groups in total. The standard InChI is InChI=1S/C8H13NO3/c1-5(10)7-4-9-3-6(7)2-8(11)12/h6-7,9H,2-4H2,1H3,(H,11,12). The fourth-order valence-corrected chi connectivity index (χ4v) is 1.65. The van der Waals surface area contributed by atoms with Gasteiger partial charge in [-0.15, -0.1) is 0 Å². The van der Waals surface area contributed by atoms with E-state index in [0.717, 1.165) is 0 Å². The largest absolute Gasteiger partial charge is 0.481 e. The van der Waals surface area contributed by atoms with Crippen LogP contribution < -0.4 is 5.32 Å². The summed E-state index contributed by atoms with van der Waals surface area (Å²) in [5, 5.41) is 11.6. The summed E-state index contributed by atoms with van der Waals surface area (Å²) in [6.45, 7) is 2.80. The lowest BCUT2D eigenvalue weighted by Gasteiger charge is -2.12. The molecule has 0 aromatic rings. The molecule has 1 saturated heterocycles. The van der Waals surface area contributed by atoms with Gasteiger partial charge >= 0.3 is 5.97 Å². The minimum atomic E-state index is -0.824. The van der Waals surface area contributed by atoms with Crippen LogP contribution in [0.4, 0.5) is 0 Å². The van der Waals surface area contributed by atoms with Crippen molar-refractivity contribution in [1.29, 1.82) is 0 Å². The van der Waals surface area contributed by atoms with Crippen LogP contribution in [-0.4, -0.2) is 29.9 Å². The Morgan fingerprint density at radius 2 is 2.17 bits per heavy atom.